The number of nitrogens with zero attached hydrogens (tertiary/aromatic N) is 1. The Morgan fingerprint density at radius 3 is 1.35 bits per heavy atom. The SMILES string of the molecule is CCCCC/C=C\C/C=C\C/C=C\CCCCCCCCCOCC(COP(=O)([O-])OCC[N+](C)(C)C)OC(=O)CCCCCCCCCCCCCCCCCCCCCC. The van der Waals surface area contributed by atoms with Crippen LogP contribution in [0.2, 0.25) is 0 Å². The number of unbranched alkanes of at least 4 members (excludes halogenated alkanes) is 29. The van der Waals surface area contributed by atoms with E-state index in [1.54, 1.807) is 0 Å². The van der Waals surface area contributed by atoms with E-state index in [0.29, 0.717) is 24.1 Å². The third kappa shape index (κ3) is 49.7. The number of phosphoric acid groups is 1. The monoisotopic (exact) mass is 896 g/mol. The quantitative estimate of drug-likeness (QED) is 0.0197. The molecule has 2 unspecified atom stereocenters. The number of allylic oxidation sites excluding steroid dienone is 6. The van der Waals surface area contributed by atoms with E-state index < -0.39 is 13.9 Å². The molecular weight excluding hydrogens is 794 g/mol. The molecule has 0 spiro atoms. The Morgan fingerprint density at radius 1 is 0.500 bits per heavy atom. The predicted molar refractivity (Wildman–Crippen MR) is 263 cm³/mol. The van der Waals surface area contributed by atoms with Gasteiger partial charge in [-0.05, 0) is 51.4 Å². The lowest BCUT2D eigenvalue weighted by atomic mass is 10.0. The van der Waals surface area contributed by atoms with Crippen molar-refractivity contribution in [2.45, 2.75) is 245 Å². The lowest BCUT2D eigenvalue weighted by Crippen LogP contribution is -2.37. The number of carbonyl (C=O) groups excluding carboxylic acids is 1. The molecule has 0 aromatic rings. The minimum absolute atomic E-state index is 0.0251. The van der Waals surface area contributed by atoms with Crippen LogP contribution in [0.15, 0.2) is 36.5 Å². The standard InChI is InChI=1S/C53H102NO7P/c1-6-8-10-12-14-16-18-20-22-24-26-28-30-32-34-36-38-40-42-44-46-53(55)61-52(51-60-62(56,57)59-49-47-54(3,4)5)50-58-48-45-43-41-39-37-35-33-31-29-27-25-23-21-19-17-15-13-11-9-7-2/h15,17,21,23,27,29,52H,6-14,16,18-20,22,24-26,28,30-51H2,1-5H3/b17-15-,23-21-,29-27-. The molecule has 62 heavy (non-hydrogen) atoms. The van der Waals surface area contributed by atoms with Gasteiger partial charge in [0.1, 0.15) is 19.3 Å². The summed E-state index contributed by atoms with van der Waals surface area (Å²) in [5.41, 5.74) is 0. The molecule has 0 saturated heterocycles. The summed E-state index contributed by atoms with van der Waals surface area (Å²) in [7, 11) is 1.36. The van der Waals surface area contributed by atoms with E-state index in [2.05, 4.69) is 50.3 Å². The smallest absolute Gasteiger partial charge is 0.306 e. The summed E-state index contributed by atoms with van der Waals surface area (Å²) in [4.78, 5) is 25.2. The second-order valence-corrected chi connectivity index (χ2v) is 20.3. The van der Waals surface area contributed by atoms with E-state index in [9.17, 15) is 14.3 Å². The van der Waals surface area contributed by atoms with Crippen LogP contribution in [0, 0.1) is 0 Å². The summed E-state index contributed by atoms with van der Waals surface area (Å²) < 4.78 is 34.8. The zero-order valence-corrected chi connectivity index (χ0v) is 42.5. The maximum Gasteiger partial charge on any atom is 0.306 e. The van der Waals surface area contributed by atoms with Crippen LogP contribution in [-0.2, 0) is 27.9 Å². The number of hydrogen-bond acceptors (Lipinski definition) is 7. The first-order valence-corrected chi connectivity index (χ1v) is 27.7. The normalized spacial score (nSPS) is 13.8. The highest BCUT2D eigenvalue weighted by Gasteiger charge is 2.20. The van der Waals surface area contributed by atoms with Crippen molar-refractivity contribution >= 4 is 13.8 Å². The van der Waals surface area contributed by atoms with Crippen LogP contribution < -0.4 is 4.89 Å². The van der Waals surface area contributed by atoms with Gasteiger partial charge >= 0.3 is 5.97 Å². The van der Waals surface area contributed by atoms with Gasteiger partial charge in [0.2, 0.25) is 0 Å². The van der Waals surface area contributed by atoms with Crippen molar-refractivity contribution in [1.82, 2.24) is 0 Å². The Labute approximate surface area is 385 Å². The second-order valence-electron chi connectivity index (χ2n) is 18.9. The summed E-state index contributed by atoms with van der Waals surface area (Å²) in [6.07, 6.45) is 55.9. The van der Waals surface area contributed by atoms with Crippen LogP contribution in [0.5, 0.6) is 0 Å². The van der Waals surface area contributed by atoms with Crippen LogP contribution in [-0.4, -0.2) is 70.7 Å². The maximum atomic E-state index is 12.8. The van der Waals surface area contributed by atoms with E-state index in [0.717, 1.165) is 51.4 Å². The maximum absolute atomic E-state index is 12.8. The predicted octanol–water partition coefficient (Wildman–Crippen LogP) is 15.5. The number of phosphoric ester groups is 1. The molecule has 8 nitrogen and oxygen atoms in total. The molecule has 0 heterocycles. The molecule has 0 aliphatic rings. The van der Waals surface area contributed by atoms with E-state index in [-0.39, 0.29) is 25.8 Å². The van der Waals surface area contributed by atoms with Gasteiger partial charge in [-0.15, -0.1) is 0 Å². The van der Waals surface area contributed by atoms with E-state index in [1.165, 1.54) is 167 Å². The average molecular weight is 896 g/mol. The minimum atomic E-state index is -4.53. The number of quaternary nitrogens is 1. The number of rotatable bonds is 49. The molecule has 0 saturated carbocycles. The van der Waals surface area contributed by atoms with Crippen molar-refractivity contribution in [1.29, 1.82) is 0 Å². The molecule has 0 N–H and O–H groups in total. The van der Waals surface area contributed by atoms with Gasteiger partial charge in [-0.2, -0.15) is 0 Å². The molecule has 0 aliphatic heterocycles. The number of carbonyl (C=O) groups is 1. The molecule has 0 aromatic carbocycles. The first-order valence-electron chi connectivity index (χ1n) is 26.2. The van der Waals surface area contributed by atoms with Crippen molar-refractivity contribution in [3.05, 3.63) is 36.5 Å². The third-order valence-corrected chi connectivity index (χ3v) is 12.4. The zero-order valence-electron chi connectivity index (χ0n) is 41.6. The summed E-state index contributed by atoms with van der Waals surface area (Å²) in [5.74, 6) is -0.333. The van der Waals surface area contributed by atoms with Crippen molar-refractivity contribution in [3.63, 3.8) is 0 Å². The van der Waals surface area contributed by atoms with E-state index >= 15 is 0 Å². The molecule has 0 radical (unpaired) electrons. The number of ether oxygens (including phenoxy) is 2. The zero-order chi connectivity index (χ0) is 45.5. The molecule has 0 bridgehead atoms. The number of hydrogen-bond donors (Lipinski definition) is 0. The lowest BCUT2D eigenvalue weighted by Gasteiger charge is -2.28. The fraction of sp³-hybridized carbons (Fsp3) is 0.868. The molecular formula is C53H102NO7P. The molecule has 0 amide bonds. The van der Waals surface area contributed by atoms with Gasteiger partial charge < -0.3 is 27.9 Å². The third-order valence-electron chi connectivity index (χ3n) is 11.4. The van der Waals surface area contributed by atoms with Gasteiger partial charge in [-0.3, -0.25) is 9.36 Å². The lowest BCUT2D eigenvalue weighted by molar-refractivity contribution is -0.870. The Bertz CT molecular complexity index is 1090. The fourth-order valence-corrected chi connectivity index (χ4v) is 8.11. The van der Waals surface area contributed by atoms with Crippen molar-refractivity contribution < 1.29 is 37.3 Å². The van der Waals surface area contributed by atoms with Gasteiger partial charge in [0, 0.05) is 13.0 Å². The second kappa shape index (κ2) is 46.3. The first kappa shape index (κ1) is 60.7. The highest BCUT2D eigenvalue weighted by molar-refractivity contribution is 7.45. The Morgan fingerprint density at radius 2 is 0.887 bits per heavy atom. The van der Waals surface area contributed by atoms with Crippen molar-refractivity contribution in [2.75, 3.05) is 54.1 Å². The Hall–Kier alpha value is -1.28. The van der Waals surface area contributed by atoms with Gasteiger partial charge in [0.15, 0.2) is 0 Å². The van der Waals surface area contributed by atoms with Crippen LogP contribution >= 0.6 is 7.82 Å². The molecule has 9 heteroatoms. The van der Waals surface area contributed by atoms with Crippen LogP contribution in [0.4, 0.5) is 0 Å². The molecule has 0 fully saturated rings. The Balaban J connectivity index is 4.13. The van der Waals surface area contributed by atoms with Crippen molar-refractivity contribution in [2.24, 2.45) is 0 Å². The highest BCUT2D eigenvalue weighted by Crippen LogP contribution is 2.38. The van der Waals surface area contributed by atoms with Gasteiger partial charge in [-0.25, -0.2) is 0 Å². The van der Waals surface area contributed by atoms with Crippen LogP contribution in [0.25, 0.3) is 0 Å². The molecule has 2 atom stereocenters. The largest absolute Gasteiger partial charge is 0.756 e. The minimum Gasteiger partial charge on any atom is -0.756 e. The van der Waals surface area contributed by atoms with Gasteiger partial charge in [0.05, 0.1) is 34.4 Å². The summed E-state index contributed by atoms with van der Waals surface area (Å²) >= 11 is 0. The van der Waals surface area contributed by atoms with E-state index in [4.69, 9.17) is 18.5 Å². The highest BCUT2D eigenvalue weighted by atomic mass is 31.2. The van der Waals surface area contributed by atoms with Crippen LogP contribution in [0.1, 0.15) is 239 Å². The summed E-state index contributed by atoms with van der Waals surface area (Å²) in [6.45, 7) is 5.40. The molecule has 0 aromatic heterocycles. The molecule has 0 aliphatic carbocycles. The number of esters is 1. The van der Waals surface area contributed by atoms with Crippen LogP contribution in [0.3, 0.4) is 0 Å². The van der Waals surface area contributed by atoms with Gasteiger partial charge in [-0.1, -0.05) is 217 Å². The fourth-order valence-electron chi connectivity index (χ4n) is 7.38. The van der Waals surface area contributed by atoms with Crippen molar-refractivity contribution in [3.8, 4) is 0 Å². The first-order chi connectivity index (χ1) is 30.1. The Kier molecular flexibility index (Phi) is 45.3. The van der Waals surface area contributed by atoms with E-state index in [1.807, 2.05) is 21.1 Å². The molecule has 366 valence electrons. The average Bonchev–Trinajstić information content (AvgIpc) is 3.23. The summed E-state index contributed by atoms with van der Waals surface area (Å²) in [5, 5.41) is 0. The number of likely N-dealkylation sites (N-methyl/N-ethyl adjacent to an activating group) is 1. The van der Waals surface area contributed by atoms with Gasteiger partial charge in [0.25, 0.3) is 7.82 Å². The summed E-state index contributed by atoms with van der Waals surface area (Å²) in [6, 6.07) is 0. The topological polar surface area (TPSA) is 94.1 Å². The molecule has 0 rings (SSSR count).